The number of fused-ring (bicyclic) bond motifs is 1. The number of hydrogen-bond donors (Lipinski definition) is 0. The zero-order chi connectivity index (χ0) is 21.4. The predicted octanol–water partition coefficient (Wildman–Crippen LogP) is 4.68. The van der Waals surface area contributed by atoms with Crippen molar-refractivity contribution < 1.29 is 13.9 Å². The number of carbonyl (C=O) groups is 1. The number of anilines is 2. The van der Waals surface area contributed by atoms with Gasteiger partial charge in [0, 0.05) is 26.2 Å². The van der Waals surface area contributed by atoms with Crippen molar-refractivity contribution in [1.29, 1.82) is 0 Å². The van der Waals surface area contributed by atoms with Crippen LogP contribution in [0.1, 0.15) is 29.1 Å². The molecule has 1 aliphatic heterocycles. The summed E-state index contributed by atoms with van der Waals surface area (Å²) in [5, 5.41) is 0.957. The standard InChI is InChI=1S/C21H22ClFN4O2S/c1-12(2)29-20(28)17-13(3)16-18(24-21(22)25-19(16)30-17)27-10-8-26(9-11-27)15-7-5-4-6-14(15)23/h4-7,12H,8-11H2,1-3H3. The number of piperazine rings is 1. The lowest BCUT2D eigenvalue weighted by atomic mass is 10.1. The number of benzene rings is 1. The maximum Gasteiger partial charge on any atom is 0.348 e. The molecule has 0 spiro atoms. The molecule has 1 fully saturated rings. The largest absolute Gasteiger partial charge is 0.459 e. The molecule has 0 saturated carbocycles. The van der Waals surface area contributed by atoms with Crippen LogP contribution in [0.3, 0.4) is 0 Å². The summed E-state index contributed by atoms with van der Waals surface area (Å²) < 4.78 is 19.5. The summed E-state index contributed by atoms with van der Waals surface area (Å²) in [5.74, 6) is 0.118. The Labute approximate surface area is 183 Å². The van der Waals surface area contributed by atoms with Crippen LogP contribution in [0.2, 0.25) is 5.28 Å². The van der Waals surface area contributed by atoms with Gasteiger partial charge >= 0.3 is 5.97 Å². The van der Waals surface area contributed by atoms with Crippen LogP contribution in [0.15, 0.2) is 24.3 Å². The molecule has 0 bridgehead atoms. The van der Waals surface area contributed by atoms with Crippen molar-refractivity contribution in [2.75, 3.05) is 36.0 Å². The number of aromatic nitrogens is 2. The van der Waals surface area contributed by atoms with Gasteiger partial charge in [0.2, 0.25) is 5.28 Å². The number of nitrogens with zero attached hydrogens (tertiary/aromatic N) is 4. The van der Waals surface area contributed by atoms with E-state index in [2.05, 4.69) is 14.9 Å². The first kappa shape index (κ1) is 20.8. The first-order valence-electron chi connectivity index (χ1n) is 9.77. The topological polar surface area (TPSA) is 58.6 Å². The highest BCUT2D eigenvalue weighted by molar-refractivity contribution is 7.20. The molecule has 1 saturated heterocycles. The van der Waals surface area contributed by atoms with Crippen LogP contribution in [-0.4, -0.2) is 48.2 Å². The maximum atomic E-state index is 14.1. The molecule has 4 rings (SSSR count). The van der Waals surface area contributed by atoms with Gasteiger partial charge in [0.05, 0.1) is 17.2 Å². The van der Waals surface area contributed by atoms with E-state index in [4.69, 9.17) is 16.3 Å². The summed E-state index contributed by atoms with van der Waals surface area (Å²) in [4.78, 5) is 26.6. The summed E-state index contributed by atoms with van der Waals surface area (Å²) in [5.41, 5.74) is 1.40. The van der Waals surface area contributed by atoms with Crippen LogP contribution in [0.4, 0.5) is 15.9 Å². The Morgan fingerprint density at radius 3 is 2.50 bits per heavy atom. The van der Waals surface area contributed by atoms with Gasteiger partial charge in [-0.1, -0.05) is 12.1 Å². The molecule has 1 aromatic carbocycles. The maximum absolute atomic E-state index is 14.1. The third kappa shape index (κ3) is 3.94. The molecule has 0 amide bonds. The Morgan fingerprint density at radius 2 is 1.83 bits per heavy atom. The minimum Gasteiger partial charge on any atom is -0.459 e. The molecule has 1 aliphatic rings. The van der Waals surface area contributed by atoms with Crippen LogP contribution in [0, 0.1) is 12.7 Å². The average molecular weight is 449 g/mol. The number of para-hydroxylation sites is 1. The van der Waals surface area contributed by atoms with Crippen LogP contribution < -0.4 is 9.80 Å². The summed E-state index contributed by atoms with van der Waals surface area (Å²) in [7, 11) is 0. The molecule has 0 N–H and O–H groups in total. The Balaban J connectivity index is 1.64. The molecular weight excluding hydrogens is 427 g/mol. The van der Waals surface area contributed by atoms with E-state index in [1.165, 1.54) is 17.4 Å². The molecule has 0 atom stereocenters. The van der Waals surface area contributed by atoms with Crippen molar-refractivity contribution in [1.82, 2.24) is 9.97 Å². The molecule has 0 aliphatic carbocycles. The summed E-state index contributed by atoms with van der Waals surface area (Å²) in [6, 6.07) is 6.79. The SMILES string of the molecule is Cc1c(C(=O)OC(C)C)sc2nc(Cl)nc(N3CCN(c4ccccc4F)CC3)c12. The monoisotopic (exact) mass is 448 g/mol. The first-order valence-corrected chi connectivity index (χ1v) is 11.0. The quantitative estimate of drug-likeness (QED) is 0.426. The average Bonchev–Trinajstić information content (AvgIpc) is 3.04. The minimum atomic E-state index is -0.364. The second-order valence-electron chi connectivity index (χ2n) is 7.43. The highest BCUT2D eigenvalue weighted by Crippen LogP contribution is 2.37. The van der Waals surface area contributed by atoms with Gasteiger partial charge in [-0.05, 0) is 50.1 Å². The fraction of sp³-hybridized carbons (Fsp3) is 0.381. The van der Waals surface area contributed by atoms with Crippen molar-refractivity contribution in [3.63, 3.8) is 0 Å². The van der Waals surface area contributed by atoms with Crippen molar-refractivity contribution in [3.05, 3.63) is 45.8 Å². The zero-order valence-electron chi connectivity index (χ0n) is 17.0. The molecule has 0 radical (unpaired) electrons. The van der Waals surface area contributed by atoms with Crippen molar-refractivity contribution >= 4 is 50.6 Å². The van der Waals surface area contributed by atoms with Crippen LogP contribution in [0.25, 0.3) is 10.2 Å². The van der Waals surface area contributed by atoms with Gasteiger partial charge in [0.1, 0.15) is 21.3 Å². The number of aryl methyl sites for hydroxylation is 1. The van der Waals surface area contributed by atoms with Crippen LogP contribution in [-0.2, 0) is 4.74 Å². The minimum absolute atomic E-state index is 0.138. The van der Waals surface area contributed by atoms with E-state index in [1.54, 1.807) is 12.1 Å². The normalized spacial score (nSPS) is 14.6. The van der Waals surface area contributed by atoms with E-state index >= 15 is 0 Å². The lowest BCUT2D eigenvalue weighted by molar-refractivity contribution is 0.0383. The van der Waals surface area contributed by atoms with E-state index in [-0.39, 0.29) is 23.2 Å². The van der Waals surface area contributed by atoms with Gasteiger partial charge in [-0.2, -0.15) is 4.98 Å². The number of halogens is 2. The van der Waals surface area contributed by atoms with Gasteiger partial charge in [-0.25, -0.2) is 14.2 Å². The smallest absolute Gasteiger partial charge is 0.348 e. The molecule has 0 unspecified atom stereocenters. The summed E-state index contributed by atoms with van der Waals surface area (Å²) in [6.07, 6.45) is -0.206. The Kier molecular flexibility index (Phi) is 5.79. The van der Waals surface area contributed by atoms with Crippen molar-refractivity contribution in [3.8, 4) is 0 Å². The van der Waals surface area contributed by atoms with Gasteiger partial charge < -0.3 is 14.5 Å². The first-order chi connectivity index (χ1) is 14.3. The summed E-state index contributed by atoms with van der Waals surface area (Å²) >= 11 is 7.46. The zero-order valence-corrected chi connectivity index (χ0v) is 18.6. The third-order valence-electron chi connectivity index (χ3n) is 5.04. The number of thiophene rings is 1. The third-order valence-corrected chi connectivity index (χ3v) is 6.38. The highest BCUT2D eigenvalue weighted by Gasteiger charge is 2.27. The number of carbonyl (C=O) groups excluding carboxylic acids is 1. The van der Waals surface area contributed by atoms with E-state index in [1.807, 2.05) is 31.7 Å². The van der Waals surface area contributed by atoms with E-state index in [0.29, 0.717) is 47.4 Å². The molecule has 3 aromatic rings. The molecule has 2 aromatic heterocycles. The Hall–Kier alpha value is -2.45. The van der Waals surface area contributed by atoms with Crippen molar-refractivity contribution in [2.45, 2.75) is 26.9 Å². The summed E-state index contributed by atoms with van der Waals surface area (Å²) in [6.45, 7) is 8.11. The predicted molar refractivity (Wildman–Crippen MR) is 119 cm³/mol. The number of esters is 1. The van der Waals surface area contributed by atoms with Crippen molar-refractivity contribution in [2.24, 2.45) is 0 Å². The van der Waals surface area contributed by atoms with Gasteiger partial charge in [0.25, 0.3) is 0 Å². The fourth-order valence-electron chi connectivity index (χ4n) is 3.65. The van der Waals surface area contributed by atoms with E-state index in [0.717, 1.165) is 10.9 Å². The molecule has 30 heavy (non-hydrogen) atoms. The molecule has 9 heteroatoms. The van der Waals surface area contributed by atoms with Gasteiger partial charge in [-0.15, -0.1) is 11.3 Å². The fourth-order valence-corrected chi connectivity index (χ4v) is 4.92. The van der Waals surface area contributed by atoms with Gasteiger partial charge in [0.15, 0.2) is 0 Å². The van der Waals surface area contributed by atoms with Crippen LogP contribution in [0.5, 0.6) is 0 Å². The molecule has 3 heterocycles. The number of ether oxygens (including phenoxy) is 1. The van der Waals surface area contributed by atoms with Crippen LogP contribution >= 0.6 is 22.9 Å². The Bertz CT molecular complexity index is 1100. The molecular formula is C21H22ClFN4O2S. The number of rotatable bonds is 4. The van der Waals surface area contributed by atoms with E-state index < -0.39 is 0 Å². The van der Waals surface area contributed by atoms with E-state index in [9.17, 15) is 9.18 Å². The van der Waals surface area contributed by atoms with Gasteiger partial charge in [-0.3, -0.25) is 0 Å². The number of hydrogen-bond acceptors (Lipinski definition) is 7. The lowest BCUT2D eigenvalue weighted by Crippen LogP contribution is -2.47. The molecule has 158 valence electrons. The highest BCUT2D eigenvalue weighted by atomic mass is 35.5. The second kappa shape index (κ2) is 8.35. The lowest BCUT2D eigenvalue weighted by Gasteiger charge is -2.37. The molecule has 6 nitrogen and oxygen atoms in total. The second-order valence-corrected chi connectivity index (χ2v) is 8.77. The Morgan fingerprint density at radius 1 is 1.17 bits per heavy atom.